The van der Waals surface area contributed by atoms with Crippen LogP contribution in [0.5, 0.6) is 0 Å². The zero-order valence-electron chi connectivity index (χ0n) is 6.65. The lowest BCUT2D eigenvalue weighted by Crippen LogP contribution is -2.47. The third kappa shape index (κ3) is 3.00. The third-order valence-electron chi connectivity index (χ3n) is 1.67. The largest absolute Gasteiger partial charge is 0.408 e. The molecule has 3 nitrogen and oxygen atoms in total. The lowest BCUT2D eigenvalue weighted by molar-refractivity contribution is 0.189. The highest BCUT2D eigenvalue weighted by atomic mass is 27.2. The molecular formula is C6H15AlO3. The molecule has 0 aliphatic rings. The maximum absolute atomic E-state index is 9.09. The van der Waals surface area contributed by atoms with Crippen molar-refractivity contribution in [2.75, 3.05) is 0 Å². The molecule has 0 radical (unpaired) electrons. The van der Waals surface area contributed by atoms with Crippen LogP contribution in [0, 0.1) is 0 Å². The molecule has 0 rings (SSSR count). The van der Waals surface area contributed by atoms with Gasteiger partial charge in [-0.1, -0.05) is 20.8 Å². The summed E-state index contributed by atoms with van der Waals surface area (Å²) >= 11 is -1.79. The summed E-state index contributed by atoms with van der Waals surface area (Å²) in [6.45, 7) is 4.86. The summed E-state index contributed by atoms with van der Waals surface area (Å²) in [5.41, 5.74) is 0. The molecule has 3 atom stereocenters. The maximum atomic E-state index is 9.09. The van der Waals surface area contributed by atoms with Gasteiger partial charge in [0.1, 0.15) is 0 Å². The molecule has 0 aromatic carbocycles. The van der Waals surface area contributed by atoms with E-state index in [-0.39, 0.29) is 0 Å². The van der Waals surface area contributed by atoms with Crippen LogP contribution in [-0.4, -0.2) is 44.4 Å². The molecule has 0 aromatic rings. The van der Waals surface area contributed by atoms with E-state index < -0.39 is 29.0 Å². The number of hydrogen-bond donors (Lipinski definition) is 3. The van der Waals surface area contributed by atoms with Gasteiger partial charge in [-0.2, -0.15) is 0 Å². The van der Waals surface area contributed by atoms with E-state index in [0.29, 0.717) is 0 Å². The molecule has 0 heterocycles. The van der Waals surface area contributed by atoms with Crippen LogP contribution in [0.3, 0.4) is 0 Å². The minimum absolute atomic E-state index is 0.528. The van der Waals surface area contributed by atoms with E-state index in [0.717, 1.165) is 0 Å². The second-order valence-corrected chi connectivity index (χ2v) is 6.85. The van der Waals surface area contributed by atoms with Gasteiger partial charge in [-0.05, 0) is 0 Å². The van der Waals surface area contributed by atoms with Crippen LogP contribution in [0.1, 0.15) is 20.8 Å². The van der Waals surface area contributed by atoms with Crippen molar-refractivity contribution in [1.29, 1.82) is 0 Å². The fourth-order valence-electron chi connectivity index (χ4n) is 1.21. The highest BCUT2D eigenvalue weighted by molar-refractivity contribution is 6.62. The van der Waals surface area contributed by atoms with Crippen LogP contribution < -0.4 is 0 Å². The Morgan fingerprint density at radius 1 is 0.800 bits per heavy atom. The first-order valence-electron chi connectivity index (χ1n) is 3.51. The van der Waals surface area contributed by atoms with Crippen LogP contribution in [0.25, 0.3) is 0 Å². The molecule has 3 N–H and O–H groups in total. The summed E-state index contributed by atoms with van der Waals surface area (Å²) in [7, 11) is 0. The molecule has 4 heteroatoms. The molecule has 0 aromatic heterocycles. The lowest BCUT2D eigenvalue weighted by atomic mass is 10.8. The van der Waals surface area contributed by atoms with Gasteiger partial charge in [-0.15, -0.1) is 0 Å². The summed E-state index contributed by atoms with van der Waals surface area (Å²) in [6.07, 6.45) is 0. The molecule has 0 amide bonds. The van der Waals surface area contributed by atoms with Crippen LogP contribution >= 0.6 is 0 Å². The van der Waals surface area contributed by atoms with Gasteiger partial charge in [0, 0.05) is 14.9 Å². The Bertz CT molecular complexity index is 74.0. The van der Waals surface area contributed by atoms with Gasteiger partial charge in [0.25, 0.3) is 0 Å². The van der Waals surface area contributed by atoms with Crippen molar-refractivity contribution in [3.63, 3.8) is 0 Å². The average molecular weight is 162 g/mol. The Labute approximate surface area is 65.7 Å². The number of aliphatic hydroxyl groups is 3. The molecule has 0 bridgehead atoms. The monoisotopic (exact) mass is 162 g/mol. The van der Waals surface area contributed by atoms with Gasteiger partial charge in [-0.25, -0.2) is 0 Å². The maximum Gasteiger partial charge on any atom is 0.383 e. The SMILES string of the molecule is C[CH](O)[Al]([CH](C)O)[CH](C)O. The molecular weight excluding hydrogens is 147 g/mol. The Morgan fingerprint density at radius 3 is 1.00 bits per heavy atom. The number of hydrogen-bond acceptors (Lipinski definition) is 3. The minimum atomic E-state index is -1.79. The summed E-state index contributed by atoms with van der Waals surface area (Å²) in [4.78, 5) is -1.58. The van der Waals surface area contributed by atoms with E-state index in [1.54, 1.807) is 20.8 Å². The second kappa shape index (κ2) is 4.32. The van der Waals surface area contributed by atoms with Crippen molar-refractivity contribution in [2.24, 2.45) is 0 Å². The van der Waals surface area contributed by atoms with Crippen molar-refractivity contribution >= 4 is 14.1 Å². The van der Waals surface area contributed by atoms with Crippen LogP contribution in [0.15, 0.2) is 0 Å². The number of aliphatic hydroxyl groups excluding tert-OH is 3. The molecule has 0 aliphatic carbocycles. The zero-order chi connectivity index (χ0) is 8.31. The second-order valence-electron chi connectivity index (χ2n) is 2.80. The quantitative estimate of drug-likeness (QED) is 0.478. The number of rotatable bonds is 3. The van der Waals surface area contributed by atoms with Crippen LogP contribution in [0.4, 0.5) is 0 Å². The first-order valence-corrected chi connectivity index (χ1v) is 5.51. The highest BCUT2D eigenvalue weighted by Crippen LogP contribution is 2.02. The van der Waals surface area contributed by atoms with E-state index in [4.69, 9.17) is 15.3 Å². The molecule has 60 valence electrons. The topological polar surface area (TPSA) is 60.7 Å². The lowest BCUT2D eigenvalue weighted by Gasteiger charge is -2.19. The Kier molecular flexibility index (Phi) is 4.50. The summed E-state index contributed by atoms with van der Waals surface area (Å²) in [5.74, 6) is 0. The molecule has 0 spiro atoms. The normalized spacial score (nSPS) is 19.8. The smallest absolute Gasteiger partial charge is 0.383 e. The van der Waals surface area contributed by atoms with Crippen LogP contribution in [0.2, 0.25) is 0 Å². The zero-order valence-corrected chi connectivity index (χ0v) is 7.81. The fourth-order valence-corrected chi connectivity index (χ4v) is 3.63. The average Bonchev–Trinajstić information content (AvgIpc) is 1.59. The van der Waals surface area contributed by atoms with E-state index in [1.807, 2.05) is 0 Å². The molecule has 0 fully saturated rings. The van der Waals surface area contributed by atoms with Gasteiger partial charge in [0.2, 0.25) is 0 Å². The predicted octanol–water partition coefficient (Wildman–Crippen LogP) is -0.759. The summed E-state index contributed by atoms with van der Waals surface area (Å²) < 4.78 is 0. The van der Waals surface area contributed by atoms with Gasteiger partial charge < -0.3 is 15.3 Å². The molecule has 3 unspecified atom stereocenters. The van der Waals surface area contributed by atoms with Crippen molar-refractivity contribution in [1.82, 2.24) is 0 Å². The Balaban J connectivity index is 3.98. The highest BCUT2D eigenvalue weighted by Gasteiger charge is 2.34. The van der Waals surface area contributed by atoms with Crippen molar-refractivity contribution < 1.29 is 15.3 Å². The summed E-state index contributed by atoms with van der Waals surface area (Å²) in [5, 5.41) is 27.3. The van der Waals surface area contributed by atoms with Gasteiger partial charge in [0.05, 0.1) is 0 Å². The van der Waals surface area contributed by atoms with Gasteiger partial charge in [0.15, 0.2) is 0 Å². The van der Waals surface area contributed by atoms with E-state index in [1.165, 1.54) is 0 Å². The first kappa shape index (κ1) is 10.4. The minimum Gasteiger partial charge on any atom is -0.408 e. The van der Waals surface area contributed by atoms with E-state index >= 15 is 0 Å². The van der Waals surface area contributed by atoms with Gasteiger partial charge >= 0.3 is 14.1 Å². The molecule has 0 aliphatic heterocycles. The van der Waals surface area contributed by atoms with Crippen molar-refractivity contribution in [3.8, 4) is 0 Å². The summed E-state index contributed by atoms with van der Waals surface area (Å²) in [6, 6.07) is 0. The van der Waals surface area contributed by atoms with E-state index in [2.05, 4.69) is 0 Å². The predicted molar refractivity (Wildman–Crippen MR) is 40.8 cm³/mol. The van der Waals surface area contributed by atoms with Crippen molar-refractivity contribution in [3.05, 3.63) is 0 Å². The molecule has 0 saturated carbocycles. The third-order valence-corrected chi connectivity index (χ3v) is 5.01. The van der Waals surface area contributed by atoms with Crippen LogP contribution in [-0.2, 0) is 0 Å². The van der Waals surface area contributed by atoms with Crippen molar-refractivity contribution in [2.45, 2.75) is 35.7 Å². The Hall–Kier alpha value is 0.412. The standard InChI is InChI=1S/3C2H5O.Al/c3*1-2-3;/h3*2-3H,1H3;. The van der Waals surface area contributed by atoms with Gasteiger partial charge in [-0.3, -0.25) is 0 Å². The van der Waals surface area contributed by atoms with E-state index in [9.17, 15) is 0 Å². The molecule has 10 heavy (non-hydrogen) atoms. The fraction of sp³-hybridized carbons (Fsp3) is 1.00. The molecule has 0 saturated heterocycles. The first-order chi connectivity index (χ1) is 4.46. The Morgan fingerprint density at radius 2 is 1.00 bits per heavy atom.